The van der Waals surface area contributed by atoms with E-state index in [1.807, 2.05) is 41.5 Å². The van der Waals surface area contributed by atoms with Gasteiger partial charge in [0, 0.05) is 45.7 Å². The first-order chi connectivity index (χ1) is 13.5. The van der Waals surface area contributed by atoms with Crippen molar-refractivity contribution in [2.75, 3.05) is 46.2 Å². The third kappa shape index (κ3) is 13.5. The molecule has 0 atom stereocenters. The van der Waals surface area contributed by atoms with E-state index in [0.29, 0.717) is 52.2 Å². The average Bonchev–Trinajstić information content (AvgIpc) is 2.67. The minimum Gasteiger partial charge on any atom is -0.374 e. The van der Waals surface area contributed by atoms with Crippen LogP contribution in [-0.2, 0) is 31.4 Å². The van der Waals surface area contributed by atoms with Crippen LogP contribution in [0, 0.1) is 0 Å². The molecule has 8 nitrogen and oxygen atoms in total. The summed E-state index contributed by atoms with van der Waals surface area (Å²) in [6.45, 7) is 19.1. The van der Waals surface area contributed by atoms with Gasteiger partial charge in [0.1, 0.15) is 0 Å². The van der Waals surface area contributed by atoms with Crippen LogP contribution >= 0.6 is 0 Å². The lowest BCUT2D eigenvalue weighted by Crippen LogP contribution is -2.46. The van der Waals surface area contributed by atoms with Crippen molar-refractivity contribution in [3.8, 4) is 0 Å². The fraction of sp³-hybridized carbons (Fsp3) is 0.833. The summed E-state index contributed by atoms with van der Waals surface area (Å²) in [6, 6.07) is 0.688. The molecule has 10 heteroatoms. The van der Waals surface area contributed by atoms with Crippen LogP contribution < -0.4 is 0 Å². The van der Waals surface area contributed by atoms with Gasteiger partial charge in [0.2, 0.25) is 6.08 Å². The molecule has 0 fully saturated rings. The maximum absolute atomic E-state index is 9.93. The van der Waals surface area contributed by atoms with E-state index in [-0.39, 0.29) is 0 Å². The lowest BCUT2D eigenvalue weighted by atomic mass is 10.5. The van der Waals surface area contributed by atoms with Gasteiger partial charge in [-0.15, -0.1) is 0 Å². The van der Waals surface area contributed by atoms with Crippen LogP contribution in [0.25, 0.3) is 0 Å². The van der Waals surface area contributed by atoms with Crippen LogP contribution in [0.3, 0.4) is 0 Å². The molecule has 28 heavy (non-hydrogen) atoms. The Hall–Kier alpha value is -0.686. The molecule has 166 valence electrons. The van der Waals surface area contributed by atoms with E-state index in [4.69, 9.17) is 26.6 Å². The smallest absolute Gasteiger partial charge is 0.374 e. The van der Waals surface area contributed by atoms with Crippen molar-refractivity contribution in [2.45, 2.75) is 54.0 Å². The summed E-state index contributed by atoms with van der Waals surface area (Å²) < 4.78 is 33.2. The Kier molecular flexibility index (Phi) is 20.7. The Morgan fingerprint density at radius 1 is 0.786 bits per heavy atom. The van der Waals surface area contributed by atoms with Gasteiger partial charge in [0.15, 0.2) is 0 Å². The molecule has 0 rings (SSSR count). The Labute approximate surface area is 172 Å². The van der Waals surface area contributed by atoms with Crippen LogP contribution in [0.2, 0.25) is 6.04 Å². The number of nitrogens with zero attached hydrogens (tertiary/aromatic N) is 1. The summed E-state index contributed by atoms with van der Waals surface area (Å²) in [5.41, 5.74) is 1.67. The predicted molar refractivity (Wildman–Crippen MR) is 114 cm³/mol. The second-order valence-corrected chi connectivity index (χ2v) is 10.4. The fourth-order valence-electron chi connectivity index (χ4n) is 2.33. The molecule has 0 amide bonds. The third-order valence-corrected chi connectivity index (χ3v) is 8.92. The van der Waals surface area contributed by atoms with Gasteiger partial charge in [-0.3, -0.25) is 0 Å². The highest BCUT2D eigenvalue weighted by Crippen LogP contribution is 2.18. The topological polar surface area (TPSA) is 84.8 Å². The van der Waals surface area contributed by atoms with E-state index >= 15 is 0 Å². The molecule has 0 saturated heterocycles. The van der Waals surface area contributed by atoms with E-state index in [9.17, 15) is 4.79 Å². The second kappa shape index (κ2) is 19.6. The third-order valence-electron chi connectivity index (χ3n) is 3.20. The van der Waals surface area contributed by atoms with Gasteiger partial charge in [-0.1, -0.05) is 6.58 Å². The minimum atomic E-state index is -2.54. The first-order valence-electron chi connectivity index (χ1n) is 9.99. The van der Waals surface area contributed by atoms with Crippen LogP contribution in [0.15, 0.2) is 17.3 Å². The molecular weight excluding hydrogens is 398 g/mol. The molecule has 0 aromatic rings. The first-order valence-corrected chi connectivity index (χ1v) is 13.7. The van der Waals surface area contributed by atoms with Gasteiger partial charge in [-0.05, 0) is 53.7 Å². The number of isocyanates is 1. The molecule has 0 aliphatic carbocycles. The van der Waals surface area contributed by atoms with E-state index in [0.717, 1.165) is 6.42 Å². The number of aliphatic imine (C=N–C) groups is 1. The molecule has 0 heterocycles. The SMILES string of the molecule is C=C[Si](OCC)(OCC)OCC.CCO[Si](CCCN=C=O)(OCC)OCC. The molecule has 0 aliphatic heterocycles. The van der Waals surface area contributed by atoms with Gasteiger partial charge in [-0.25, -0.2) is 9.79 Å². The number of rotatable bonds is 17. The fourth-order valence-corrected chi connectivity index (χ4v) is 6.73. The highest BCUT2D eigenvalue weighted by molar-refractivity contribution is 6.66. The molecule has 0 aliphatic rings. The minimum absolute atomic E-state index is 0.450. The van der Waals surface area contributed by atoms with E-state index in [1.54, 1.807) is 5.70 Å². The zero-order chi connectivity index (χ0) is 21.7. The van der Waals surface area contributed by atoms with Crippen molar-refractivity contribution < 1.29 is 31.4 Å². The molecule has 0 aromatic carbocycles. The van der Waals surface area contributed by atoms with E-state index in [1.165, 1.54) is 6.08 Å². The van der Waals surface area contributed by atoms with Crippen molar-refractivity contribution in [3.63, 3.8) is 0 Å². The Balaban J connectivity index is 0. The van der Waals surface area contributed by atoms with E-state index in [2.05, 4.69) is 11.6 Å². The second-order valence-electron chi connectivity index (χ2n) is 5.17. The number of hydrogen-bond acceptors (Lipinski definition) is 8. The Morgan fingerprint density at radius 2 is 1.18 bits per heavy atom. The number of carbonyl (C=O) groups excluding carboxylic acids is 1. The summed E-state index contributed by atoms with van der Waals surface area (Å²) in [7, 11) is -5.04. The first kappa shape index (κ1) is 29.5. The van der Waals surface area contributed by atoms with Gasteiger partial charge >= 0.3 is 17.6 Å². The molecule has 0 radical (unpaired) electrons. The van der Waals surface area contributed by atoms with Gasteiger partial charge < -0.3 is 26.6 Å². The van der Waals surface area contributed by atoms with Gasteiger partial charge in [-0.2, -0.15) is 0 Å². The highest BCUT2D eigenvalue weighted by Gasteiger charge is 2.39. The lowest BCUT2D eigenvalue weighted by Gasteiger charge is -2.28. The average molecular weight is 438 g/mol. The molecule has 0 saturated carbocycles. The molecule has 0 N–H and O–H groups in total. The summed E-state index contributed by atoms with van der Waals surface area (Å²) in [5.74, 6) is 0. The summed E-state index contributed by atoms with van der Waals surface area (Å²) in [6.07, 6.45) is 2.24. The van der Waals surface area contributed by atoms with Crippen LogP contribution in [-0.4, -0.2) is 69.9 Å². The molecule has 0 unspecified atom stereocenters. The predicted octanol–water partition coefficient (Wildman–Crippen LogP) is 3.52. The molecule has 0 bridgehead atoms. The number of hydrogen-bond donors (Lipinski definition) is 0. The Bertz CT molecular complexity index is 387. The maximum atomic E-state index is 9.93. The van der Waals surface area contributed by atoms with Crippen molar-refractivity contribution in [2.24, 2.45) is 4.99 Å². The van der Waals surface area contributed by atoms with Crippen molar-refractivity contribution in [1.82, 2.24) is 0 Å². The zero-order valence-electron chi connectivity index (χ0n) is 18.5. The van der Waals surface area contributed by atoms with Gasteiger partial charge in [0.05, 0.1) is 6.54 Å². The van der Waals surface area contributed by atoms with Crippen LogP contribution in [0.4, 0.5) is 0 Å². The maximum Gasteiger partial charge on any atom is 0.528 e. The largest absolute Gasteiger partial charge is 0.528 e. The normalized spacial score (nSPS) is 11.4. The summed E-state index contributed by atoms with van der Waals surface area (Å²) in [5, 5.41) is 0. The van der Waals surface area contributed by atoms with Crippen molar-refractivity contribution in [3.05, 3.63) is 12.3 Å². The standard InChI is InChI=1S/C10H21NO4Si.C8H18O3Si/c1-4-13-16(14-5-2,15-6-3)9-7-8-11-10-12;1-5-9-12(8-4,10-6-2)11-7-3/h4-9H2,1-3H3;8H,4-7H2,1-3H3. The van der Waals surface area contributed by atoms with Crippen LogP contribution in [0.5, 0.6) is 0 Å². The van der Waals surface area contributed by atoms with Crippen molar-refractivity contribution in [1.29, 1.82) is 0 Å². The molecular formula is C18H39NO7Si2. The monoisotopic (exact) mass is 437 g/mol. The summed E-state index contributed by atoms with van der Waals surface area (Å²) in [4.78, 5) is 13.4. The van der Waals surface area contributed by atoms with E-state index < -0.39 is 17.6 Å². The van der Waals surface area contributed by atoms with Crippen LogP contribution in [0.1, 0.15) is 48.0 Å². The highest BCUT2D eigenvalue weighted by atomic mass is 28.4. The Morgan fingerprint density at radius 3 is 1.46 bits per heavy atom. The lowest BCUT2D eigenvalue weighted by molar-refractivity contribution is 0.0709. The summed E-state index contributed by atoms with van der Waals surface area (Å²) >= 11 is 0. The molecule has 0 aromatic heterocycles. The zero-order valence-corrected chi connectivity index (χ0v) is 20.5. The molecule has 0 spiro atoms. The van der Waals surface area contributed by atoms with Crippen molar-refractivity contribution >= 4 is 23.7 Å². The quantitative estimate of drug-likeness (QED) is 0.149. The van der Waals surface area contributed by atoms with Gasteiger partial charge in [0.25, 0.3) is 0 Å².